The lowest BCUT2D eigenvalue weighted by molar-refractivity contribution is -0.136. The van der Waals surface area contributed by atoms with Gasteiger partial charge >= 0.3 is 0 Å². The number of nitrogens with zero attached hydrogens (tertiary/aromatic N) is 3. The first-order valence-corrected chi connectivity index (χ1v) is 9.77. The van der Waals surface area contributed by atoms with Crippen LogP contribution in [0.15, 0.2) is 42.5 Å². The minimum atomic E-state index is -0.135. The number of hydrogen-bond acceptors (Lipinski definition) is 4. The van der Waals surface area contributed by atoms with Gasteiger partial charge in [-0.05, 0) is 38.2 Å². The monoisotopic (exact) mass is 377 g/mol. The Labute approximate surface area is 158 Å². The minimum Gasteiger partial charge on any atom is -0.368 e. The molecule has 6 heteroatoms. The van der Waals surface area contributed by atoms with Gasteiger partial charge in [0.2, 0.25) is 5.91 Å². The molecule has 0 aliphatic carbocycles. The summed E-state index contributed by atoms with van der Waals surface area (Å²) in [6.07, 6.45) is 0. The molecule has 1 aliphatic rings. The van der Waals surface area contributed by atoms with Crippen LogP contribution in [0.1, 0.15) is 11.8 Å². The number of amides is 1. The summed E-state index contributed by atoms with van der Waals surface area (Å²) in [5, 5.41) is 0. The first-order valence-electron chi connectivity index (χ1n) is 8.58. The van der Waals surface area contributed by atoms with Gasteiger partial charge < -0.3 is 9.80 Å². The van der Waals surface area contributed by atoms with Gasteiger partial charge in [0.05, 0.1) is 10.4 Å². The third kappa shape index (κ3) is 4.54. The molecule has 2 aromatic rings. The third-order valence-electron chi connectivity index (χ3n) is 4.77. The van der Waals surface area contributed by atoms with E-state index in [9.17, 15) is 4.79 Å². The number of likely N-dealkylation sites (N-methyl/N-ethyl adjacent to an activating group) is 1. The minimum absolute atomic E-state index is 0.135. The molecule has 1 amide bonds. The Morgan fingerprint density at radius 3 is 2.44 bits per heavy atom. The number of hydrogen-bond donors (Lipinski definition) is 0. The lowest BCUT2D eigenvalue weighted by atomic mass is 10.2. The molecule has 1 aliphatic heterocycles. The topological polar surface area (TPSA) is 26.8 Å². The van der Waals surface area contributed by atoms with Gasteiger partial charge in [-0.3, -0.25) is 9.69 Å². The third-order valence-corrected chi connectivity index (χ3v) is 5.98. The second-order valence-electron chi connectivity index (χ2n) is 6.44. The highest BCUT2D eigenvalue weighted by Crippen LogP contribution is 2.23. The van der Waals surface area contributed by atoms with Gasteiger partial charge in [0.25, 0.3) is 0 Å². The van der Waals surface area contributed by atoms with E-state index in [2.05, 4.69) is 34.1 Å². The van der Waals surface area contributed by atoms with Crippen LogP contribution in [0, 0.1) is 0 Å². The Hall–Kier alpha value is -1.56. The zero-order valence-electron chi connectivity index (χ0n) is 14.7. The SMILES string of the molecule is C[C@H](C(=O)N1CCN(c2ccccc2)CC1)N(C)Cc1ccc(Cl)s1. The molecule has 3 rings (SSSR count). The highest BCUT2D eigenvalue weighted by Gasteiger charge is 2.27. The smallest absolute Gasteiger partial charge is 0.239 e. The quantitative estimate of drug-likeness (QED) is 0.797. The number of piperazine rings is 1. The van der Waals surface area contributed by atoms with Crippen LogP contribution in [0.2, 0.25) is 4.34 Å². The molecule has 1 aromatic carbocycles. The summed E-state index contributed by atoms with van der Waals surface area (Å²) in [5.74, 6) is 0.206. The molecule has 0 spiro atoms. The van der Waals surface area contributed by atoms with Crippen LogP contribution in [0.4, 0.5) is 5.69 Å². The number of rotatable bonds is 5. The van der Waals surface area contributed by atoms with E-state index in [1.165, 1.54) is 10.6 Å². The highest BCUT2D eigenvalue weighted by atomic mass is 35.5. The van der Waals surface area contributed by atoms with E-state index in [0.717, 1.165) is 37.1 Å². The lowest BCUT2D eigenvalue weighted by Crippen LogP contribution is -2.53. The maximum Gasteiger partial charge on any atom is 0.239 e. The van der Waals surface area contributed by atoms with Crippen molar-refractivity contribution in [3.63, 3.8) is 0 Å². The van der Waals surface area contributed by atoms with E-state index in [0.29, 0.717) is 0 Å². The Bertz CT molecular complexity index is 698. The molecule has 0 bridgehead atoms. The number of thiophene rings is 1. The second kappa shape index (κ2) is 8.21. The van der Waals surface area contributed by atoms with Crippen molar-refractivity contribution in [3.8, 4) is 0 Å². The molecule has 134 valence electrons. The lowest BCUT2D eigenvalue weighted by Gasteiger charge is -2.38. The van der Waals surface area contributed by atoms with Gasteiger partial charge in [0.15, 0.2) is 0 Å². The van der Waals surface area contributed by atoms with E-state index in [1.807, 2.05) is 37.1 Å². The van der Waals surface area contributed by atoms with Crippen molar-refractivity contribution in [1.29, 1.82) is 0 Å². The van der Waals surface area contributed by atoms with Crippen molar-refractivity contribution in [2.24, 2.45) is 0 Å². The average Bonchev–Trinajstić information content (AvgIpc) is 3.06. The van der Waals surface area contributed by atoms with Crippen molar-refractivity contribution in [2.75, 3.05) is 38.1 Å². The van der Waals surface area contributed by atoms with Crippen molar-refractivity contribution >= 4 is 34.5 Å². The fourth-order valence-corrected chi connectivity index (χ4v) is 4.25. The molecule has 1 atom stereocenters. The van der Waals surface area contributed by atoms with Crippen LogP contribution in [-0.2, 0) is 11.3 Å². The summed E-state index contributed by atoms with van der Waals surface area (Å²) in [6.45, 7) is 6.04. The number of anilines is 1. The first kappa shape index (κ1) is 18.2. The van der Waals surface area contributed by atoms with Crippen molar-refractivity contribution < 1.29 is 4.79 Å². The molecule has 0 N–H and O–H groups in total. The number of para-hydroxylation sites is 1. The fourth-order valence-electron chi connectivity index (χ4n) is 3.10. The standard InChI is InChI=1S/C19H24ClN3OS/c1-15(21(2)14-17-8-9-18(20)25-17)19(24)23-12-10-22(11-13-23)16-6-4-3-5-7-16/h3-9,15H,10-14H2,1-2H3/t15-/m1/s1. The molecule has 25 heavy (non-hydrogen) atoms. The highest BCUT2D eigenvalue weighted by molar-refractivity contribution is 7.16. The summed E-state index contributed by atoms with van der Waals surface area (Å²) in [5.41, 5.74) is 1.23. The Morgan fingerprint density at radius 2 is 1.84 bits per heavy atom. The maximum atomic E-state index is 12.8. The first-order chi connectivity index (χ1) is 12.0. The van der Waals surface area contributed by atoms with Crippen LogP contribution in [-0.4, -0.2) is 55.0 Å². The Morgan fingerprint density at radius 1 is 1.16 bits per heavy atom. The molecular weight excluding hydrogens is 354 g/mol. The molecule has 0 radical (unpaired) electrons. The molecule has 1 fully saturated rings. The number of benzene rings is 1. The molecule has 0 unspecified atom stereocenters. The molecule has 1 saturated heterocycles. The summed E-state index contributed by atoms with van der Waals surface area (Å²) < 4.78 is 0.791. The molecule has 4 nitrogen and oxygen atoms in total. The van der Waals surface area contributed by atoms with Crippen molar-refractivity contribution in [3.05, 3.63) is 51.7 Å². The zero-order valence-corrected chi connectivity index (χ0v) is 16.3. The normalized spacial score (nSPS) is 16.3. The van der Waals surface area contributed by atoms with Gasteiger partial charge in [0, 0.05) is 43.3 Å². The van der Waals surface area contributed by atoms with E-state index in [-0.39, 0.29) is 11.9 Å². The van der Waals surface area contributed by atoms with Crippen LogP contribution in [0.25, 0.3) is 0 Å². The summed E-state index contributed by atoms with van der Waals surface area (Å²) >= 11 is 7.56. The van der Waals surface area contributed by atoms with E-state index < -0.39 is 0 Å². The largest absolute Gasteiger partial charge is 0.368 e. The van der Waals surface area contributed by atoms with Gasteiger partial charge in [-0.25, -0.2) is 0 Å². The molecular formula is C19H24ClN3OS. The number of carbonyl (C=O) groups is 1. The number of halogens is 1. The summed E-state index contributed by atoms with van der Waals surface area (Å²) in [7, 11) is 2.00. The summed E-state index contributed by atoms with van der Waals surface area (Å²) in [4.78, 5) is 20.4. The van der Waals surface area contributed by atoms with Crippen LogP contribution in [0.5, 0.6) is 0 Å². The molecule has 0 saturated carbocycles. The number of carbonyl (C=O) groups excluding carboxylic acids is 1. The van der Waals surface area contributed by atoms with Crippen LogP contribution in [0.3, 0.4) is 0 Å². The van der Waals surface area contributed by atoms with E-state index >= 15 is 0 Å². The van der Waals surface area contributed by atoms with Crippen LogP contribution < -0.4 is 4.90 Å². The van der Waals surface area contributed by atoms with Gasteiger partial charge in [-0.15, -0.1) is 11.3 Å². The van der Waals surface area contributed by atoms with E-state index in [1.54, 1.807) is 11.3 Å². The van der Waals surface area contributed by atoms with Gasteiger partial charge in [-0.1, -0.05) is 29.8 Å². The zero-order chi connectivity index (χ0) is 17.8. The Balaban J connectivity index is 1.53. The fraction of sp³-hybridized carbons (Fsp3) is 0.421. The van der Waals surface area contributed by atoms with Crippen molar-refractivity contribution in [2.45, 2.75) is 19.5 Å². The average molecular weight is 378 g/mol. The maximum absolute atomic E-state index is 12.8. The predicted molar refractivity (Wildman–Crippen MR) is 105 cm³/mol. The van der Waals surface area contributed by atoms with Gasteiger partial charge in [0.1, 0.15) is 0 Å². The van der Waals surface area contributed by atoms with Crippen molar-refractivity contribution in [1.82, 2.24) is 9.80 Å². The van der Waals surface area contributed by atoms with Gasteiger partial charge in [-0.2, -0.15) is 0 Å². The predicted octanol–water partition coefficient (Wildman–Crippen LogP) is 3.57. The summed E-state index contributed by atoms with van der Waals surface area (Å²) in [6, 6.07) is 14.2. The van der Waals surface area contributed by atoms with E-state index in [4.69, 9.17) is 11.6 Å². The molecule has 1 aromatic heterocycles. The molecule has 2 heterocycles. The van der Waals surface area contributed by atoms with Crippen LogP contribution >= 0.6 is 22.9 Å². The Kier molecular flexibility index (Phi) is 5.99. The second-order valence-corrected chi connectivity index (χ2v) is 8.24.